The summed E-state index contributed by atoms with van der Waals surface area (Å²) in [5.41, 5.74) is 1.52. The van der Waals surface area contributed by atoms with Crippen molar-refractivity contribution in [2.24, 2.45) is 5.92 Å². The Morgan fingerprint density at radius 2 is 2.28 bits per heavy atom. The normalized spacial score (nSPS) is 12.1. The van der Waals surface area contributed by atoms with Gasteiger partial charge in [-0.25, -0.2) is 0 Å². The van der Waals surface area contributed by atoms with E-state index in [4.69, 9.17) is 5.11 Å². The van der Waals surface area contributed by atoms with Crippen molar-refractivity contribution in [3.63, 3.8) is 0 Å². The van der Waals surface area contributed by atoms with E-state index in [0.29, 0.717) is 18.0 Å². The van der Waals surface area contributed by atoms with Gasteiger partial charge in [-0.2, -0.15) is 0 Å². The van der Waals surface area contributed by atoms with Crippen LogP contribution in [0.5, 0.6) is 0 Å². The van der Waals surface area contributed by atoms with Crippen LogP contribution >= 0.6 is 11.3 Å². The summed E-state index contributed by atoms with van der Waals surface area (Å²) in [7, 11) is 0. The maximum atomic E-state index is 11.5. The first-order chi connectivity index (χ1) is 8.63. The third kappa shape index (κ3) is 5.22. The van der Waals surface area contributed by atoms with E-state index in [1.807, 2.05) is 6.92 Å². The van der Waals surface area contributed by atoms with Gasteiger partial charge in [0.25, 0.3) is 0 Å². The molecule has 6 nitrogen and oxygen atoms in total. The molecule has 0 bridgehead atoms. The molecule has 1 aromatic heterocycles. The molecule has 0 aliphatic heterocycles. The fourth-order valence-corrected chi connectivity index (χ4v) is 2.02. The van der Waals surface area contributed by atoms with E-state index >= 15 is 0 Å². The van der Waals surface area contributed by atoms with Crippen molar-refractivity contribution in [1.82, 2.24) is 10.2 Å². The third-order valence-corrected chi connectivity index (χ3v) is 3.19. The standard InChI is InChI=1S/C11H17N3O3S/c1-2-3-4-8(10(16)17)5-6-9(15)13-11-14-12-7-18-11/h7-8H,2-6H2,1H3,(H,16,17)(H,13,14,15). The summed E-state index contributed by atoms with van der Waals surface area (Å²) in [5, 5.41) is 19.3. The van der Waals surface area contributed by atoms with E-state index < -0.39 is 11.9 Å². The summed E-state index contributed by atoms with van der Waals surface area (Å²) in [6.07, 6.45) is 3.01. The Kier molecular flexibility index (Phi) is 6.27. The lowest BCUT2D eigenvalue weighted by Gasteiger charge is -2.10. The highest BCUT2D eigenvalue weighted by Gasteiger charge is 2.18. The Morgan fingerprint density at radius 3 is 2.83 bits per heavy atom. The molecule has 18 heavy (non-hydrogen) atoms. The first-order valence-electron chi connectivity index (χ1n) is 5.92. The number of carboxylic acids is 1. The molecule has 0 aliphatic rings. The second kappa shape index (κ2) is 7.75. The zero-order chi connectivity index (χ0) is 13.4. The molecule has 0 saturated carbocycles. The molecule has 0 fully saturated rings. The fraction of sp³-hybridized carbons (Fsp3) is 0.636. The van der Waals surface area contributed by atoms with Crippen LogP contribution in [0.4, 0.5) is 5.13 Å². The Morgan fingerprint density at radius 1 is 1.50 bits per heavy atom. The van der Waals surface area contributed by atoms with E-state index in [0.717, 1.165) is 12.8 Å². The number of carboxylic acid groups (broad SMARTS) is 1. The van der Waals surface area contributed by atoms with Crippen LogP contribution in [-0.2, 0) is 9.59 Å². The molecule has 1 atom stereocenters. The van der Waals surface area contributed by atoms with Gasteiger partial charge in [0.05, 0.1) is 5.92 Å². The molecule has 0 aliphatic carbocycles. The quantitative estimate of drug-likeness (QED) is 0.755. The van der Waals surface area contributed by atoms with Gasteiger partial charge < -0.3 is 10.4 Å². The number of rotatable bonds is 8. The second-order valence-corrected chi connectivity index (χ2v) is 4.84. The Hall–Kier alpha value is -1.50. The fourth-order valence-electron chi connectivity index (χ4n) is 1.56. The van der Waals surface area contributed by atoms with Crippen LogP contribution in [0.15, 0.2) is 5.51 Å². The van der Waals surface area contributed by atoms with Crippen LogP contribution in [0.2, 0.25) is 0 Å². The lowest BCUT2D eigenvalue weighted by molar-refractivity contribution is -0.142. The molecule has 1 aromatic rings. The molecular formula is C11H17N3O3S. The number of unbranched alkanes of at least 4 members (excludes halogenated alkanes) is 1. The van der Waals surface area contributed by atoms with Crippen LogP contribution < -0.4 is 5.32 Å². The number of nitrogens with zero attached hydrogens (tertiary/aromatic N) is 2. The van der Waals surface area contributed by atoms with E-state index in [2.05, 4.69) is 15.5 Å². The highest BCUT2D eigenvalue weighted by Crippen LogP contribution is 2.16. The van der Waals surface area contributed by atoms with Crippen molar-refractivity contribution in [3.8, 4) is 0 Å². The van der Waals surface area contributed by atoms with E-state index in [9.17, 15) is 9.59 Å². The summed E-state index contributed by atoms with van der Waals surface area (Å²) < 4.78 is 0. The Bertz CT molecular complexity index is 381. The maximum Gasteiger partial charge on any atom is 0.306 e. The Labute approximate surface area is 109 Å². The third-order valence-electron chi connectivity index (χ3n) is 2.58. The average molecular weight is 271 g/mol. The van der Waals surface area contributed by atoms with Crippen molar-refractivity contribution < 1.29 is 14.7 Å². The zero-order valence-electron chi connectivity index (χ0n) is 10.3. The molecule has 0 aromatic carbocycles. The Balaban J connectivity index is 2.32. The molecular weight excluding hydrogens is 254 g/mol. The van der Waals surface area contributed by atoms with Gasteiger partial charge in [-0.05, 0) is 12.8 Å². The van der Waals surface area contributed by atoms with Crippen LogP contribution in [-0.4, -0.2) is 27.2 Å². The molecule has 0 saturated heterocycles. The maximum absolute atomic E-state index is 11.5. The van der Waals surface area contributed by atoms with E-state index in [1.165, 1.54) is 16.8 Å². The molecule has 1 heterocycles. The van der Waals surface area contributed by atoms with Crippen molar-refractivity contribution in [1.29, 1.82) is 0 Å². The summed E-state index contributed by atoms with van der Waals surface area (Å²) >= 11 is 1.24. The van der Waals surface area contributed by atoms with Gasteiger partial charge in [0.1, 0.15) is 5.51 Å². The predicted molar refractivity (Wildman–Crippen MR) is 68.4 cm³/mol. The SMILES string of the molecule is CCCCC(CCC(=O)Nc1nncs1)C(=O)O. The molecule has 0 spiro atoms. The molecule has 100 valence electrons. The number of carbonyl (C=O) groups excluding carboxylic acids is 1. The monoisotopic (exact) mass is 271 g/mol. The van der Waals surface area contributed by atoms with Crippen LogP contribution in [0.3, 0.4) is 0 Å². The summed E-state index contributed by atoms with van der Waals surface area (Å²) in [4.78, 5) is 22.5. The molecule has 0 radical (unpaired) electrons. The number of carbonyl (C=O) groups is 2. The van der Waals surface area contributed by atoms with Gasteiger partial charge in [-0.15, -0.1) is 10.2 Å². The first-order valence-corrected chi connectivity index (χ1v) is 6.80. The molecule has 1 unspecified atom stereocenters. The van der Waals surface area contributed by atoms with Gasteiger partial charge in [0.2, 0.25) is 11.0 Å². The van der Waals surface area contributed by atoms with Crippen LogP contribution in [0.25, 0.3) is 0 Å². The van der Waals surface area contributed by atoms with Gasteiger partial charge in [0.15, 0.2) is 0 Å². The smallest absolute Gasteiger partial charge is 0.306 e. The number of anilines is 1. The number of aromatic nitrogens is 2. The van der Waals surface area contributed by atoms with Crippen molar-refractivity contribution in [3.05, 3.63) is 5.51 Å². The van der Waals surface area contributed by atoms with Crippen molar-refractivity contribution >= 4 is 28.3 Å². The topological polar surface area (TPSA) is 92.2 Å². The van der Waals surface area contributed by atoms with E-state index in [-0.39, 0.29) is 12.3 Å². The van der Waals surface area contributed by atoms with E-state index in [1.54, 1.807) is 0 Å². The summed E-state index contributed by atoms with van der Waals surface area (Å²) in [5.74, 6) is -1.48. The molecule has 2 N–H and O–H groups in total. The van der Waals surface area contributed by atoms with Gasteiger partial charge in [-0.3, -0.25) is 9.59 Å². The minimum Gasteiger partial charge on any atom is -0.481 e. The molecule has 1 amide bonds. The lowest BCUT2D eigenvalue weighted by atomic mass is 9.97. The lowest BCUT2D eigenvalue weighted by Crippen LogP contribution is -2.18. The van der Waals surface area contributed by atoms with Gasteiger partial charge in [0, 0.05) is 6.42 Å². The largest absolute Gasteiger partial charge is 0.481 e. The number of nitrogens with one attached hydrogen (secondary N) is 1. The second-order valence-electron chi connectivity index (χ2n) is 4.01. The van der Waals surface area contributed by atoms with Crippen LogP contribution in [0, 0.1) is 5.92 Å². The number of hydrogen-bond acceptors (Lipinski definition) is 5. The van der Waals surface area contributed by atoms with Crippen LogP contribution in [0.1, 0.15) is 39.0 Å². The molecule has 1 rings (SSSR count). The highest BCUT2D eigenvalue weighted by molar-refractivity contribution is 7.13. The molecule has 7 heteroatoms. The number of amides is 1. The zero-order valence-corrected chi connectivity index (χ0v) is 11.1. The summed E-state index contributed by atoms with van der Waals surface area (Å²) in [6.45, 7) is 2.01. The average Bonchev–Trinajstić information content (AvgIpc) is 2.81. The predicted octanol–water partition coefficient (Wildman–Crippen LogP) is 2.15. The number of aliphatic carboxylic acids is 1. The first kappa shape index (κ1) is 14.6. The minimum absolute atomic E-state index is 0.195. The van der Waals surface area contributed by atoms with Crippen molar-refractivity contribution in [2.75, 3.05) is 5.32 Å². The van der Waals surface area contributed by atoms with Crippen molar-refractivity contribution in [2.45, 2.75) is 39.0 Å². The summed E-state index contributed by atoms with van der Waals surface area (Å²) in [6, 6.07) is 0. The van der Waals surface area contributed by atoms with Gasteiger partial charge >= 0.3 is 5.97 Å². The van der Waals surface area contributed by atoms with Gasteiger partial charge in [-0.1, -0.05) is 31.1 Å². The minimum atomic E-state index is -0.827. The number of hydrogen-bond donors (Lipinski definition) is 2. The highest BCUT2D eigenvalue weighted by atomic mass is 32.1.